The first-order chi connectivity index (χ1) is 29.3. The zero-order valence-electron chi connectivity index (χ0n) is 35.8. The zero-order valence-corrected chi connectivity index (χ0v) is 35.8. The standard InChI is InChI=1S/C42H71N5O14/c1-2-3-4-5-6-7-8-9-10-12-15-18-21-24-35(49)32(30-60-42-41(53)40(52)39(51)36(29-48)61-42)44-37(50)25-22-19-16-13-11-14-17-20-23-26-43-31-27-33(45(54)55)38(47(58)59)34(28-31)46(56)57/h21,24,27-28,32,35-36,39-43,48-49,51-53H,2-20,22-23,25-26,29-30H2,1H3,(H,44,50)/b24-21+/t32-,35+,36+,39-,40-,41+,42+/m0/s1. The fraction of sp³-hybridized carbons (Fsp3) is 0.786. The van der Waals surface area contributed by atoms with Gasteiger partial charge in [-0.1, -0.05) is 128 Å². The van der Waals surface area contributed by atoms with Crippen LogP contribution in [0, 0.1) is 30.3 Å². The molecule has 1 aliphatic rings. The van der Waals surface area contributed by atoms with Crippen molar-refractivity contribution in [2.24, 2.45) is 0 Å². The first-order valence-electron chi connectivity index (χ1n) is 22.2. The number of allylic oxidation sites excluding steroid dienone is 1. The molecule has 2 rings (SSSR count). The van der Waals surface area contributed by atoms with Crippen molar-refractivity contribution in [3.63, 3.8) is 0 Å². The zero-order chi connectivity index (χ0) is 45.0. The number of nitro benzene ring substituents is 3. The number of carbonyl (C=O) groups excluding carboxylic acids is 1. The molecule has 1 aliphatic heterocycles. The van der Waals surface area contributed by atoms with Crippen LogP contribution >= 0.6 is 0 Å². The molecule has 1 saturated heterocycles. The van der Waals surface area contributed by atoms with E-state index in [1.165, 1.54) is 57.8 Å². The minimum Gasteiger partial charge on any atom is -0.394 e. The summed E-state index contributed by atoms with van der Waals surface area (Å²) in [6.07, 6.45) is 17.3. The minimum absolute atomic E-state index is 0.0626. The molecule has 0 aromatic heterocycles. The molecule has 0 radical (unpaired) electrons. The molecule has 0 saturated carbocycles. The van der Waals surface area contributed by atoms with Crippen LogP contribution in [0.15, 0.2) is 24.3 Å². The summed E-state index contributed by atoms with van der Waals surface area (Å²) in [5.41, 5.74) is -2.98. The molecular formula is C42H71N5O14. The smallest absolute Gasteiger partial charge is 0.394 e. The second-order valence-electron chi connectivity index (χ2n) is 15.9. The highest BCUT2D eigenvalue weighted by molar-refractivity contribution is 5.76. The normalized spacial score (nSPS) is 20.1. The first-order valence-corrected chi connectivity index (χ1v) is 22.2. The maximum Gasteiger partial charge on any atom is 0.422 e. The molecule has 1 amide bonds. The largest absolute Gasteiger partial charge is 0.422 e. The lowest BCUT2D eigenvalue weighted by Gasteiger charge is -2.40. The highest BCUT2D eigenvalue weighted by atomic mass is 16.7. The van der Waals surface area contributed by atoms with Crippen molar-refractivity contribution >= 4 is 28.7 Å². The Balaban J connectivity index is 1.71. The van der Waals surface area contributed by atoms with E-state index in [1.807, 2.05) is 6.08 Å². The number of carbonyl (C=O) groups is 1. The fourth-order valence-corrected chi connectivity index (χ4v) is 7.26. The summed E-state index contributed by atoms with van der Waals surface area (Å²) >= 11 is 0. The predicted octanol–water partition coefficient (Wildman–Crippen LogP) is 6.64. The number of nitro groups is 3. The number of aliphatic hydroxyl groups is 5. The highest BCUT2D eigenvalue weighted by Crippen LogP contribution is 2.39. The molecule has 0 bridgehead atoms. The topological polar surface area (TPSA) is 290 Å². The van der Waals surface area contributed by atoms with Gasteiger partial charge in [-0.3, -0.25) is 35.1 Å². The Morgan fingerprint density at radius 1 is 0.754 bits per heavy atom. The average molecular weight is 870 g/mol. The molecule has 1 aromatic carbocycles. The van der Waals surface area contributed by atoms with Gasteiger partial charge in [0.25, 0.3) is 0 Å². The van der Waals surface area contributed by atoms with Gasteiger partial charge in [-0.05, 0) is 25.7 Å². The maximum atomic E-state index is 13.0. The molecule has 19 heteroatoms. The number of nitrogens with one attached hydrogen (secondary N) is 2. The quantitative estimate of drug-likeness (QED) is 0.0163. The highest BCUT2D eigenvalue weighted by Gasteiger charge is 2.44. The van der Waals surface area contributed by atoms with Crippen molar-refractivity contribution in [1.82, 2.24) is 5.32 Å². The van der Waals surface area contributed by atoms with Crippen molar-refractivity contribution in [1.29, 1.82) is 0 Å². The van der Waals surface area contributed by atoms with Gasteiger partial charge < -0.3 is 45.6 Å². The monoisotopic (exact) mass is 869 g/mol. The van der Waals surface area contributed by atoms with Crippen LogP contribution < -0.4 is 10.6 Å². The fourth-order valence-electron chi connectivity index (χ4n) is 7.26. The van der Waals surface area contributed by atoms with Crippen LogP contribution in [0.3, 0.4) is 0 Å². The Bertz CT molecular complexity index is 1430. The lowest BCUT2D eigenvalue weighted by Crippen LogP contribution is -2.60. The van der Waals surface area contributed by atoms with E-state index in [9.17, 15) is 60.7 Å². The Morgan fingerprint density at radius 2 is 1.26 bits per heavy atom. The number of unbranched alkanes of at least 4 members (excludes halogenated alkanes) is 19. The summed E-state index contributed by atoms with van der Waals surface area (Å²) in [4.78, 5) is 43.6. The summed E-state index contributed by atoms with van der Waals surface area (Å²) in [5.74, 6) is -0.285. The molecule has 61 heavy (non-hydrogen) atoms. The predicted molar refractivity (Wildman–Crippen MR) is 229 cm³/mol. The van der Waals surface area contributed by atoms with Crippen LogP contribution in [0.1, 0.15) is 148 Å². The SMILES string of the molecule is CCCCCCCCCCCCC/C=C/[C@@H](O)[C@H](CO[C@@H]1O[C@H](CO)[C@H](O)[C@H](O)[C@H]1O)NC(=O)CCCCCCCCCCCNc1cc([N+](=O)[O-])c([N+](=O)[O-])c([N+](=O)[O-])c1. The van der Waals surface area contributed by atoms with E-state index in [0.29, 0.717) is 19.4 Å². The van der Waals surface area contributed by atoms with Crippen LogP contribution in [-0.2, 0) is 14.3 Å². The minimum atomic E-state index is -1.62. The Labute approximate surface area is 358 Å². The van der Waals surface area contributed by atoms with Crippen molar-refractivity contribution in [2.75, 3.05) is 25.1 Å². The molecule has 0 aliphatic carbocycles. The second-order valence-corrected chi connectivity index (χ2v) is 15.9. The van der Waals surface area contributed by atoms with E-state index in [-0.39, 0.29) is 24.6 Å². The third kappa shape index (κ3) is 20.7. The summed E-state index contributed by atoms with van der Waals surface area (Å²) in [5, 5.41) is 90.7. The van der Waals surface area contributed by atoms with Gasteiger partial charge >= 0.3 is 17.1 Å². The summed E-state index contributed by atoms with van der Waals surface area (Å²) in [7, 11) is 0. The molecular weight excluding hydrogens is 798 g/mol. The molecule has 7 N–H and O–H groups in total. The lowest BCUT2D eigenvalue weighted by molar-refractivity contribution is -0.440. The second kappa shape index (κ2) is 31.1. The van der Waals surface area contributed by atoms with Crippen LogP contribution in [-0.4, -0.2) is 109 Å². The number of nitrogens with zero attached hydrogens (tertiary/aromatic N) is 3. The number of rotatable bonds is 35. The average Bonchev–Trinajstić information content (AvgIpc) is 3.23. The van der Waals surface area contributed by atoms with Gasteiger partial charge in [-0.25, -0.2) is 0 Å². The van der Waals surface area contributed by atoms with Crippen molar-refractivity contribution in [3.05, 3.63) is 54.6 Å². The number of hydrogen-bond acceptors (Lipinski definition) is 15. The number of benzene rings is 1. The number of amides is 1. The number of ether oxygens (including phenoxy) is 2. The van der Waals surface area contributed by atoms with Gasteiger partial charge in [-0.2, -0.15) is 0 Å². The molecule has 1 heterocycles. The molecule has 7 atom stereocenters. The van der Waals surface area contributed by atoms with E-state index < -0.39 is 81.3 Å². The van der Waals surface area contributed by atoms with Gasteiger partial charge in [0.15, 0.2) is 6.29 Å². The maximum absolute atomic E-state index is 13.0. The Hall–Kier alpha value is -3.85. The van der Waals surface area contributed by atoms with Gasteiger partial charge in [0.05, 0.1) is 40.1 Å². The van der Waals surface area contributed by atoms with E-state index in [1.54, 1.807) is 6.08 Å². The van der Waals surface area contributed by atoms with Gasteiger partial charge in [0.1, 0.15) is 24.4 Å². The number of anilines is 1. The molecule has 0 unspecified atom stereocenters. The summed E-state index contributed by atoms with van der Waals surface area (Å²) < 4.78 is 11.1. The van der Waals surface area contributed by atoms with Crippen LogP contribution in [0.2, 0.25) is 0 Å². The number of hydrogen-bond donors (Lipinski definition) is 7. The van der Waals surface area contributed by atoms with Crippen LogP contribution in [0.5, 0.6) is 0 Å². The van der Waals surface area contributed by atoms with E-state index in [0.717, 1.165) is 76.3 Å². The van der Waals surface area contributed by atoms with Gasteiger partial charge in [-0.15, -0.1) is 0 Å². The van der Waals surface area contributed by atoms with E-state index in [4.69, 9.17) is 9.47 Å². The third-order valence-corrected chi connectivity index (χ3v) is 10.9. The van der Waals surface area contributed by atoms with Gasteiger partial charge in [0, 0.05) is 30.8 Å². The molecule has 1 aromatic rings. The Morgan fingerprint density at radius 3 is 1.77 bits per heavy atom. The van der Waals surface area contributed by atoms with Gasteiger partial charge in [0.2, 0.25) is 5.91 Å². The molecule has 19 nitrogen and oxygen atoms in total. The molecule has 1 fully saturated rings. The first kappa shape index (κ1) is 53.3. The van der Waals surface area contributed by atoms with E-state index >= 15 is 0 Å². The molecule has 348 valence electrons. The number of aliphatic hydroxyl groups excluding tert-OH is 5. The lowest BCUT2D eigenvalue weighted by atomic mass is 9.99. The molecule has 0 spiro atoms. The third-order valence-electron chi connectivity index (χ3n) is 10.9. The van der Waals surface area contributed by atoms with Crippen molar-refractivity contribution < 1.29 is 54.6 Å². The Kier molecular flexibility index (Phi) is 27.1. The summed E-state index contributed by atoms with van der Waals surface area (Å²) in [6, 6.07) is 0.963. The van der Waals surface area contributed by atoms with Crippen LogP contribution in [0.4, 0.5) is 22.7 Å². The van der Waals surface area contributed by atoms with Crippen LogP contribution in [0.25, 0.3) is 0 Å². The van der Waals surface area contributed by atoms with Crippen molar-refractivity contribution in [3.8, 4) is 0 Å². The van der Waals surface area contributed by atoms with E-state index in [2.05, 4.69) is 17.6 Å². The van der Waals surface area contributed by atoms with Crippen molar-refractivity contribution in [2.45, 2.75) is 191 Å². The summed E-state index contributed by atoms with van der Waals surface area (Å²) in [6.45, 7) is 1.72.